The Hall–Kier alpha value is -3.31. The zero-order chi connectivity index (χ0) is 22.6. The summed E-state index contributed by atoms with van der Waals surface area (Å²) in [6, 6.07) is 14.7. The molecule has 8 nitrogen and oxygen atoms in total. The monoisotopic (exact) mass is 466 g/mol. The second-order valence-electron chi connectivity index (χ2n) is 6.23. The summed E-state index contributed by atoms with van der Waals surface area (Å²) in [7, 11) is -5.63. The van der Waals surface area contributed by atoms with Crippen LogP contribution in [0.3, 0.4) is 0 Å². The van der Waals surface area contributed by atoms with Crippen LogP contribution in [0.4, 0.5) is 15.8 Å². The van der Waals surface area contributed by atoms with Crippen molar-refractivity contribution in [1.29, 1.82) is 0 Å². The Labute approximate surface area is 179 Å². The van der Waals surface area contributed by atoms with Crippen molar-refractivity contribution in [2.75, 3.05) is 23.7 Å². The maximum atomic E-state index is 14.0. The fraction of sp³-hybridized carbons (Fsp3) is 0.100. The van der Waals surface area contributed by atoms with Crippen molar-refractivity contribution in [3.05, 3.63) is 72.5 Å². The van der Waals surface area contributed by atoms with Gasteiger partial charge in [0.15, 0.2) is 0 Å². The molecule has 0 amide bonds. The molecule has 0 saturated carbocycles. The molecule has 0 heterocycles. The average Bonchev–Trinajstić information content (AvgIpc) is 2.74. The van der Waals surface area contributed by atoms with E-state index in [4.69, 9.17) is 9.47 Å². The topological polar surface area (TPSA) is 111 Å². The lowest BCUT2D eigenvalue weighted by Crippen LogP contribution is -2.17. The van der Waals surface area contributed by atoms with Gasteiger partial charge in [-0.05, 0) is 54.6 Å². The molecule has 0 aliphatic carbocycles. The lowest BCUT2D eigenvalue weighted by molar-refractivity contribution is 0.415. The van der Waals surface area contributed by atoms with E-state index >= 15 is 0 Å². The molecule has 3 rings (SSSR count). The third-order valence-corrected chi connectivity index (χ3v) is 6.97. The van der Waals surface area contributed by atoms with E-state index in [1.807, 2.05) is 0 Å². The number of nitrogens with one attached hydrogen (secondary N) is 2. The number of sulfonamides is 2. The minimum absolute atomic E-state index is 0.0586. The first kappa shape index (κ1) is 22.4. The van der Waals surface area contributed by atoms with Gasteiger partial charge < -0.3 is 9.47 Å². The number of methoxy groups -OCH3 is 2. The van der Waals surface area contributed by atoms with Crippen LogP contribution < -0.4 is 18.9 Å². The van der Waals surface area contributed by atoms with Gasteiger partial charge in [0.05, 0.1) is 24.8 Å². The largest absolute Gasteiger partial charge is 0.497 e. The Balaban J connectivity index is 1.95. The van der Waals surface area contributed by atoms with Crippen LogP contribution in [0.15, 0.2) is 76.5 Å². The van der Waals surface area contributed by atoms with E-state index < -0.39 is 30.8 Å². The second-order valence-corrected chi connectivity index (χ2v) is 9.57. The number of anilines is 2. The Morgan fingerprint density at radius 1 is 0.774 bits per heavy atom. The number of benzene rings is 3. The maximum Gasteiger partial charge on any atom is 0.264 e. The van der Waals surface area contributed by atoms with E-state index in [-0.39, 0.29) is 22.0 Å². The van der Waals surface area contributed by atoms with Gasteiger partial charge in [-0.15, -0.1) is 0 Å². The molecule has 164 valence electrons. The maximum absolute atomic E-state index is 14.0. The second kappa shape index (κ2) is 8.82. The minimum Gasteiger partial charge on any atom is -0.497 e. The van der Waals surface area contributed by atoms with Gasteiger partial charge in [-0.3, -0.25) is 9.44 Å². The van der Waals surface area contributed by atoms with Gasteiger partial charge in [-0.1, -0.05) is 12.1 Å². The summed E-state index contributed by atoms with van der Waals surface area (Å²) in [6.45, 7) is 0. The molecule has 0 aromatic heterocycles. The van der Waals surface area contributed by atoms with E-state index in [9.17, 15) is 21.2 Å². The SMILES string of the molecule is COc1ccc(NS(=O)(=O)c2ccc(OC)c(NS(=O)(=O)c3ccccc3F)c2)cc1. The van der Waals surface area contributed by atoms with Gasteiger partial charge in [-0.2, -0.15) is 0 Å². The highest BCUT2D eigenvalue weighted by atomic mass is 32.2. The van der Waals surface area contributed by atoms with Crippen molar-refractivity contribution < 1.29 is 30.7 Å². The summed E-state index contributed by atoms with van der Waals surface area (Å²) in [6.07, 6.45) is 0. The molecule has 0 saturated heterocycles. The van der Waals surface area contributed by atoms with Gasteiger partial charge in [0, 0.05) is 5.69 Å². The van der Waals surface area contributed by atoms with Crippen molar-refractivity contribution in [1.82, 2.24) is 0 Å². The first-order valence-corrected chi connectivity index (χ1v) is 11.7. The van der Waals surface area contributed by atoms with Crippen molar-refractivity contribution in [3.8, 4) is 11.5 Å². The molecule has 0 spiro atoms. The van der Waals surface area contributed by atoms with E-state index in [1.165, 1.54) is 50.6 Å². The van der Waals surface area contributed by atoms with Crippen molar-refractivity contribution in [2.45, 2.75) is 9.79 Å². The fourth-order valence-corrected chi connectivity index (χ4v) is 4.90. The van der Waals surface area contributed by atoms with Crippen LogP contribution >= 0.6 is 0 Å². The molecule has 3 aromatic carbocycles. The molecule has 0 aliphatic rings. The molecule has 2 N–H and O–H groups in total. The predicted octanol–water partition coefficient (Wildman–Crippen LogP) is 3.44. The zero-order valence-corrected chi connectivity index (χ0v) is 18.1. The van der Waals surface area contributed by atoms with Gasteiger partial charge >= 0.3 is 0 Å². The molecule has 0 bridgehead atoms. The molecule has 11 heteroatoms. The Kier molecular flexibility index (Phi) is 6.37. The third-order valence-electron chi connectivity index (χ3n) is 4.19. The highest BCUT2D eigenvalue weighted by Gasteiger charge is 2.23. The Morgan fingerprint density at radius 3 is 2.06 bits per heavy atom. The smallest absolute Gasteiger partial charge is 0.264 e. The van der Waals surface area contributed by atoms with Crippen LogP contribution in [0.1, 0.15) is 0 Å². The van der Waals surface area contributed by atoms with Crippen LogP contribution in [-0.2, 0) is 20.0 Å². The summed E-state index contributed by atoms with van der Waals surface area (Å²) in [5.74, 6) is -0.334. The van der Waals surface area contributed by atoms with E-state index in [0.717, 1.165) is 18.2 Å². The van der Waals surface area contributed by atoms with Crippen molar-refractivity contribution >= 4 is 31.4 Å². The van der Waals surface area contributed by atoms with Crippen molar-refractivity contribution in [3.63, 3.8) is 0 Å². The number of ether oxygens (including phenoxy) is 2. The molecule has 0 radical (unpaired) electrons. The van der Waals surface area contributed by atoms with Crippen LogP contribution in [0.2, 0.25) is 0 Å². The quantitative estimate of drug-likeness (QED) is 0.526. The fourth-order valence-electron chi connectivity index (χ4n) is 2.67. The molecule has 0 unspecified atom stereocenters. The highest BCUT2D eigenvalue weighted by Crippen LogP contribution is 2.31. The summed E-state index contributed by atoms with van der Waals surface area (Å²) in [5, 5.41) is 0. The van der Waals surface area contributed by atoms with E-state index in [1.54, 1.807) is 12.1 Å². The van der Waals surface area contributed by atoms with Crippen LogP contribution in [0.25, 0.3) is 0 Å². The number of rotatable bonds is 8. The highest BCUT2D eigenvalue weighted by molar-refractivity contribution is 7.93. The van der Waals surface area contributed by atoms with Crippen molar-refractivity contribution in [2.24, 2.45) is 0 Å². The predicted molar refractivity (Wildman–Crippen MR) is 114 cm³/mol. The molecule has 0 atom stereocenters. The lowest BCUT2D eigenvalue weighted by atomic mass is 10.3. The number of halogens is 1. The Morgan fingerprint density at radius 2 is 1.45 bits per heavy atom. The van der Waals surface area contributed by atoms with Gasteiger partial charge in [0.1, 0.15) is 22.2 Å². The first-order chi connectivity index (χ1) is 14.7. The molecule has 0 fully saturated rings. The normalized spacial score (nSPS) is 11.6. The minimum atomic E-state index is -4.34. The molecular weight excluding hydrogens is 447 g/mol. The third kappa shape index (κ3) is 5.06. The van der Waals surface area contributed by atoms with Gasteiger partial charge in [0.2, 0.25) is 0 Å². The molecule has 31 heavy (non-hydrogen) atoms. The van der Waals surface area contributed by atoms with Gasteiger partial charge in [-0.25, -0.2) is 21.2 Å². The Bertz CT molecular complexity index is 1290. The average molecular weight is 467 g/mol. The van der Waals surface area contributed by atoms with Gasteiger partial charge in [0.25, 0.3) is 20.0 Å². The molecule has 3 aromatic rings. The first-order valence-electron chi connectivity index (χ1n) is 8.78. The standard InChI is InChI=1S/C20H19FN2O6S2/c1-28-15-9-7-14(8-10-15)22-30(24,25)16-11-12-19(29-2)18(13-16)23-31(26,27)20-6-4-3-5-17(20)21/h3-13,22-23H,1-2H3. The van der Waals surface area contributed by atoms with E-state index in [2.05, 4.69) is 9.44 Å². The molecular formula is C20H19FN2O6S2. The summed E-state index contributed by atoms with van der Waals surface area (Å²) < 4.78 is 79.5. The number of hydrogen-bond acceptors (Lipinski definition) is 6. The lowest BCUT2D eigenvalue weighted by Gasteiger charge is -2.15. The van der Waals surface area contributed by atoms with E-state index in [0.29, 0.717) is 5.75 Å². The summed E-state index contributed by atoms with van der Waals surface area (Å²) in [4.78, 5) is -0.808. The van der Waals surface area contributed by atoms with Crippen LogP contribution in [0.5, 0.6) is 11.5 Å². The number of hydrogen-bond donors (Lipinski definition) is 2. The van der Waals surface area contributed by atoms with Crippen LogP contribution in [-0.4, -0.2) is 31.1 Å². The zero-order valence-electron chi connectivity index (χ0n) is 16.5. The summed E-state index contributed by atoms with van der Waals surface area (Å²) in [5.41, 5.74) is 0.119. The van der Waals surface area contributed by atoms with Crippen LogP contribution in [0, 0.1) is 5.82 Å². The summed E-state index contributed by atoms with van der Waals surface area (Å²) >= 11 is 0. The molecule has 0 aliphatic heterocycles.